The van der Waals surface area contributed by atoms with Gasteiger partial charge in [0.25, 0.3) is 0 Å². The van der Waals surface area contributed by atoms with E-state index in [4.69, 9.17) is 15.7 Å². The predicted octanol–water partition coefficient (Wildman–Crippen LogP) is 1.05. The first-order valence-corrected chi connectivity index (χ1v) is 7.26. The molecule has 0 amide bonds. The summed E-state index contributed by atoms with van der Waals surface area (Å²) in [6.07, 6.45) is 0. The molecule has 1 aromatic rings. The van der Waals surface area contributed by atoms with Gasteiger partial charge in [-0.15, -0.1) is 4.33 Å². The van der Waals surface area contributed by atoms with Crippen LogP contribution in [0.2, 0.25) is 0 Å². The summed E-state index contributed by atoms with van der Waals surface area (Å²) >= 11 is 0.317. The zero-order valence-corrected chi connectivity index (χ0v) is 11.6. The molecule has 0 spiro atoms. The van der Waals surface area contributed by atoms with Crippen LogP contribution in [0.15, 0.2) is 23.1 Å². The molecule has 3 N–H and O–H groups in total. The van der Waals surface area contributed by atoms with Crippen molar-refractivity contribution in [3.8, 4) is 5.75 Å². The van der Waals surface area contributed by atoms with Crippen molar-refractivity contribution in [2.24, 2.45) is 0 Å². The molecule has 10 heteroatoms. The van der Waals surface area contributed by atoms with Crippen LogP contribution in [0.25, 0.3) is 0 Å². The highest BCUT2D eigenvalue weighted by Crippen LogP contribution is 2.25. The van der Waals surface area contributed by atoms with E-state index in [9.17, 15) is 8.42 Å². The van der Waals surface area contributed by atoms with Gasteiger partial charge in [0.1, 0.15) is 5.75 Å². The van der Waals surface area contributed by atoms with E-state index < -0.39 is 9.84 Å². The Kier molecular flexibility index (Phi) is 6.34. The maximum atomic E-state index is 11.9. The number of ether oxygens (including phenoxy) is 1. The van der Waals surface area contributed by atoms with Crippen molar-refractivity contribution in [1.29, 1.82) is 0 Å². The molecule has 0 saturated carbocycles. The quantitative estimate of drug-likeness (QED) is 0.239. The number of nitrogen functional groups attached to an aromatic ring is 1. The van der Waals surface area contributed by atoms with Crippen molar-refractivity contribution < 1.29 is 32.0 Å². The van der Waals surface area contributed by atoms with Crippen molar-refractivity contribution in [2.45, 2.75) is 4.90 Å². The molecule has 0 aliphatic heterocycles. The molecule has 0 unspecified atom stereocenters. The maximum absolute atomic E-state index is 11.9. The van der Waals surface area contributed by atoms with Crippen molar-refractivity contribution in [2.75, 3.05) is 25.2 Å². The number of nitrogens with two attached hydrogens (primary N) is 1. The lowest BCUT2D eigenvalue weighted by atomic mass is 10.3. The molecule has 0 aliphatic carbocycles. The number of methoxy groups -OCH3 is 1. The number of hydrogen-bond donors (Lipinski definition) is 2. The third-order valence-corrected chi connectivity index (χ3v) is 4.16. The fourth-order valence-electron chi connectivity index (χ4n) is 1.23. The van der Waals surface area contributed by atoms with E-state index in [2.05, 4.69) is 13.6 Å². The highest BCUT2D eigenvalue weighted by atomic mass is 32.2. The Labute approximate surface area is 114 Å². The largest absolute Gasteiger partial charge is 0.495 e. The fourth-order valence-corrected chi connectivity index (χ4v) is 2.67. The van der Waals surface area contributed by atoms with Crippen LogP contribution >= 0.6 is 12.3 Å². The lowest BCUT2D eigenvalue weighted by Crippen LogP contribution is -2.11. The molecule has 0 aromatic heterocycles. The van der Waals surface area contributed by atoms with Gasteiger partial charge in [-0.3, -0.25) is 4.18 Å². The van der Waals surface area contributed by atoms with Crippen LogP contribution in [-0.2, 0) is 23.4 Å². The minimum Gasteiger partial charge on any atom is -0.495 e. The minimum absolute atomic E-state index is 0.0683. The van der Waals surface area contributed by atoms with Crippen LogP contribution in [0, 0.1) is 0 Å². The van der Waals surface area contributed by atoms with Crippen molar-refractivity contribution in [1.82, 2.24) is 0 Å². The summed E-state index contributed by atoms with van der Waals surface area (Å²) in [5, 5.41) is 11.1. The van der Waals surface area contributed by atoms with E-state index in [0.717, 1.165) is 0 Å². The molecule has 0 saturated heterocycles. The molecule has 0 atom stereocenters. The summed E-state index contributed by atoms with van der Waals surface area (Å²) in [4.78, 5) is 0.0683. The zero-order chi connectivity index (χ0) is 14.3. The van der Waals surface area contributed by atoms with Crippen LogP contribution in [0.3, 0.4) is 0 Å². The molecule has 0 aliphatic rings. The second-order valence-electron chi connectivity index (χ2n) is 3.26. The smallest absolute Gasteiger partial charge is 0.197 e. The Bertz CT molecular complexity index is 505. The standard InChI is InChI=1S/C9H13NO7S2/c1-14-9-3-2-7(6-8(9)10)19(12,13)5-4-15-18-17-16-11/h2-3,6,11H,4-5,10H2,1H3. The third kappa shape index (κ3) is 4.86. The Morgan fingerprint density at radius 2 is 2.16 bits per heavy atom. The second kappa shape index (κ2) is 7.53. The summed E-state index contributed by atoms with van der Waals surface area (Å²) in [5.41, 5.74) is 5.87. The lowest BCUT2D eigenvalue weighted by Gasteiger charge is -2.08. The Morgan fingerprint density at radius 3 is 2.74 bits per heavy atom. The van der Waals surface area contributed by atoms with Crippen LogP contribution in [-0.4, -0.2) is 33.1 Å². The van der Waals surface area contributed by atoms with Crippen LogP contribution in [0.4, 0.5) is 5.69 Å². The molecular formula is C9H13NO7S2. The van der Waals surface area contributed by atoms with E-state index in [1.54, 1.807) is 0 Å². The van der Waals surface area contributed by atoms with Gasteiger partial charge in [-0.2, -0.15) is 0 Å². The van der Waals surface area contributed by atoms with Crippen LogP contribution in [0.5, 0.6) is 5.75 Å². The van der Waals surface area contributed by atoms with Crippen molar-refractivity contribution in [3.05, 3.63) is 18.2 Å². The number of sulfone groups is 1. The number of benzene rings is 1. The van der Waals surface area contributed by atoms with Crippen LogP contribution in [0.1, 0.15) is 0 Å². The van der Waals surface area contributed by atoms with Gasteiger partial charge < -0.3 is 10.5 Å². The van der Waals surface area contributed by atoms with Gasteiger partial charge in [-0.05, 0) is 18.2 Å². The SMILES string of the molecule is COc1ccc(S(=O)(=O)CCOSOOO)cc1N. The molecule has 108 valence electrons. The van der Waals surface area contributed by atoms with Crippen molar-refractivity contribution >= 4 is 27.8 Å². The monoisotopic (exact) mass is 311 g/mol. The first-order valence-electron chi connectivity index (χ1n) is 4.94. The summed E-state index contributed by atoms with van der Waals surface area (Å²) in [7, 11) is -2.09. The second-order valence-corrected chi connectivity index (χ2v) is 5.87. The topological polar surface area (TPSA) is 117 Å². The molecule has 8 nitrogen and oxygen atoms in total. The van der Waals surface area contributed by atoms with E-state index in [1.165, 1.54) is 25.3 Å². The van der Waals surface area contributed by atoms with E-state index >= 15 is 0 Å². The minimum atomic E-state index is -3.53. The molecular weight excluding hydrogens is 298 g/mol. The van der Waals surface area contributed by atoms with Gasteiger partial charge in [-0.1, -0.05) is 5.04 Å². The van der Waals surface area contributed by atoms with E-state index in [1.807, 2.05) is 0 Å². The average molecular weight is 311 g/mol. The molecule has 0 heterocycles. The predicted molar refractivity (Wildman–Crippen MR) is 67.8 cm³/mol. The average Bonchev–Trinajstić information content (AvgIpc) is 2.38. The third-order valence-electron chi connectivity index (χ3n) is 2.10. The van der Waals surface area contributed by atoms with Gasteiger partial charge in [-0.25, -0.2) is 13.7 Å². The normalized spacial score (nSPS) is 11.5. The van der Waals surface area contributed by atoms with Gasteiger partial charge in [0, 0.05) is 0 Å². The maximum Gasteiger partial charge on any atom is 0.197 e. The first kappa shape index (κ1) is 16.0. The summed E-state index contributed by atoms with van der Waals surface area (Å²) < 4.78 is 37.4. The number of hydrogen-bond acceptors (Lipinski definition) is 9. The molecule has 0 bridgehead atoms. The number of anilines is 1. The summed E-state index contributed by atoms with van der Waals surface area (Å²) in [6, 6.07) is 4.18. The Morgan fingerprint density at radius 1 is 1.42 bits per heavy atom. The lowest BCUT2D eigenvalue weighted by molar-refractivity contribution is -0.434. The summed E-state index contributed by atoms with van der Waals surface area (Å²) in [5.74, 6) is 0.125. The molecule has 0 fully saturated rings. The van der Waals surface area contributed by atoms with Gasteiger partial charge in [0.2, 0.25) is 0 Å². The molecule has 1 aromatic carbocycles. The Hall–Kier alpha value is -1.04. The van der Waals surface area contributed by atoms with E-state index in [0.29, 0.717) is 18.1 Å². The Balaban J connectivity index is 2.64. The van der Waals surface area contributed by atoms with Crippen molar-refractivity contribution in [3.63, 3.8) is 0 Å². The molecule has 19 heavy (non-hydrogen) atoms. The van der Waals surface area contributed by atoms with Gasteiger partial charge in [0.15, 0.2) is 22.2 Å². The zero-order valence-electron chi connectivity index (χ0n) is 9.94. The van der Waals surface area contributed by atoms with Gasteiger partial charge in [0.05, 0.1) is 30.1 Å². The highest BCUT2D eigenvalue weighted by Gasteiger charge is 2.16. The highest BCUT2D eigenvalue weighted by molar-refractivity contribution is 7.91. The summed E-state index contributed by atoms with van der Waals surface area (Å²) in [6.45, 7) is -0.151. The van der Waals surface area contributed by atoms with Gasteiger partial charge >= 0.3 is 0 Å². The molecule has 0 radical (unpaired) electrons. The van der Waals surface area contributed by atoms with Crippen LogP contribution < -0.4 is 10.5 Å². The molecule has 1 rings (SSSR count). The first-order chi connectivity index (χ1) is 9.01. The fraction of sp³-hybridized carbons (Fsp3) is 0.333. The van der Waals surface area contributed by atoms with E-state index in [-0.39, 0.29) is 22.9 Å². The number of rotatable bonds is 8.